The third kappa shape index (κ3) is 1.36. The predicted molar refractivity (Wildman–Crippen MR) is 45.2 cm³/mol. The molecule has 0 saturated heterocycles. The van der Waals surface area contributed by atoms with E-state index in [4.69, 9.17) is 10.8 Å². The van der Waals surface area contributed by atoms with E-state index in [9.17, 15) is 0 Å². The fourth-order valence-corrected chi connectivity index (χ4v) is 1.01. The summed E-state index contributed by atoms with van der Waals surface area (Å²) in [5.41, 5.74) is 7.06. The van der Waals surface area contributed by atoms with Crippen LogP contribution < -0.4 is 5.73 Å². The van der Waals surface area contributed by atoms with Crippen molar-refractivity contribution in [3.05, 3.63) is 23.8 Å². The maximum atomic E-state index is 8.93. The van der Waals surface area contributed by atoms with E-state index in [1.807, 2.05) is 0 Å². The van der Waals surface area contributed by atoms with Gasteiger partial charge in [0.1, 0.15) is 5.75 Å². The molecule has 3 N–H and O–H groups in total. The fourth-order valence-electron chi connectivity index (χ4n) is 0.726. The number of thiol groups is 1. The number of benzene rings is 1. The van der Waals surface area contributed by atoms with Crippen LogP contribution in [0.2, 0.25) is 0 Å². The number of nitrogen functional groups attached to an aromatic ring is 1. The molecule has 0 aromatic heterocycles. The van der Waals surface area contributed by atoms with Gasteiger partial charge in [0.2, 0.25) is 0 Å². The van der Waals surface area contributed by atoms with Crippen molar-refractivity contribution in [1.29, 1.82) is 0 Å². The van der Waals surface area contributed by atoms with Gasteiger partial charge in [-0.1, -0.05) is 6.07 Å². The molecule has 2 nitrogen and oxygen atoms in total. The molecule has 0 atom stereocenters. The Balaban J connectivity index is 3.07. The van der Waals surface area contributed by atoms with Gasteiger partial charge in [-0.05, 0) is 11.6 Å². The van der Waals surface area contributed by atoms with Crippen molar-refractivity contribution in [3.8, 4) is 5.75 Å². The Morgan fingerprint density at radius 1 is 1.50 bits per heavy atom. The quantitative estimate of drug-likeness (QED) is 0.424. The maximum Gasteiger partial charge on any atom is 0.117 e. The fraction of sp³-hybridized carbons (Fsp3) is 0.143. The van der Waals surface area contributed by atoms with Crippen molar-refractivity contribution in [2.45, 2.75) is 5.75 Å². The van der Waals surface area contributed by atoms with Crippen molar-refractivity contribution in [2.75, 3.05) is 5.73 Å². The number of anilines is 1. The van der Waals surface area contributed by atoms with Gasteiger partial charge < -0.3 is 10.8 Å². The third-order valence-electron chi connectivity index (χ3n) is 1.30. The molecule has 0 amide bonds. The van der Waals surface area contributed by atoms with Crippen LogP contribution in [0.5, 0.6) is 5.75 Å². The van der Waals surface area contributed by atoms with Crippen LogP contribution in [0.1, 0.15) is 5.56 Å². The standard InChI is InChI=1S/C7H9NOS/c8-7-3-6(9)2-1-5(7)4-10/h1-3,9-10H,4,8H2. The lowest BCUT2D eigenvalue weighted by Crippen LogP contribution is -1.90. The second-order valence-electron chi connectivity index (χ2n) is 2.04. The average Bonchev–Trinajstić information content (AvgIpc) is 1.88. The first-order chi connectivity index (χ1) is 4.74. The lowest BCUT2D eigenvalue weighted by molar-refractivity contribution is 0.475. The summed E-state index contributed by atoms with van der Waals surface area (Å²) in [6.07, 6.45) is 0. The zero-order valence-corrected chi connectivity index (χ0v) is 6.31. The number of phenolic OH excluding ortho intramolecular Hbond substituents is 1. The van der Waals surface area contributed by atoms with E-state index >= 15 is 0 Å². The highest BCUT2D eigenvalue weighted by molar-refractivity contribution is 7.79. The smallest absolute Gasteiger partial charge is 0.117 e. The van der Waals surface area contributed by atoms with E-state index in [0.29, 0.717) is 11.4 Å². The Bertz CT molecular complexity index is 237. The Hall–Kier alpha value is -0.830. The number of nitrogens with two attached hydrogens (primary N) is 1. The average molecular weight is 155 g/mol. The van der Waals surface area contributed by atoms with Crippen LogP contribution in [-0.4, -0.2) is 5.11 Å². The summed E-state index contributed by atoms with van der Waals surface area (Å²) in [5.74, 6) is 0.801. The molecule has 1 aromatic rings. The van der Waals surface area contributed by atoms with Gasteiger partial charge in [-0.25, -0.2) is 0 Å². The Labute approximate surface area is 65.1 Å². The molecule has 0 heterocycles. The Kier molecular flexibility index (Phi) is 2.06. The van der Waals surface area contributed by atoms with Crippen molar-refractivity contribution in [2.24, 2.45) is 0 Å². The monoisotopic (exact) mass is 155 g/mol. The largest absolute Gasteiger partial charge is 0.508 e. The van der Waals surface area contributed by atoms with Gasteiger partial charge in [0.05, 0.1) is 0 Å². The number of hydrogen-bond acceptors (Lipinski definition) is 3. The number of aromatic hydroxyl groups is 1. The Morgan fingerprint density at radius 3 is 2.70 bits per heavy atom. The minimum absolute atomic E-state index is 0.197. The van der Waals surface area contributed by atoms with Gasteiger partial charge in [0.15, 0.2) is 0 Å². The van der Waals surface area contributed by atoms with Crippen molar-refractivity contribution in [3.63, 3.8) is 0 Å². The number of rotatable bonds is 1. The van der Waals surface area contributed by atoms with Gasteiger partial charge in [-0.2, -0.15) is 12.6 Å². The Morgan fingerprint density at radius 2 is 2.20 bits per heavy atom. The molecule has 0 saturated carbocycles. The van der Waals surface area contributed by atoms with Gasteiger partial charge in [0.25, 0.3) is 0 Å². The first-order valence-electron chi connectivity index (χ1n) is 2.92. The van der Waals surface area contributed by atoms with Crippen LogP contribution in [0.3, 0.4) is 0 Å². The molecule has 0 unspecified atom stereocenters. The zero-order chi connectivity index (χ0) is 7.56. The van der Waals surface area contributed by atoms with E-state index in [1.54, 1.807) is 12.1 Å². The molecule has 0 fully saturated rings. The minimum atomic E-state index is 0.197. The molecule has 1 rings (SSSR count). The highest BCUT2D eigenvalue weighted by Gasteiger charge is 1.95. The summed E-state index contributed by atoms with van der Waals surface area (Å²) in [7, 11) is 0. The van der Waals surface area contributed by atoms with E-state index < -0.39 is 0 Å². The van der Waals surface area contributed by atoms with Crippen molar-refractivity contribution in [1.82, 2.24) is 0 Å². The van der Waals surface area contributed by atoms with E-state index in [2.05, 4.69) is 12.6 Å². The molecule has 0 aliphatic carbocycles. The number of phenols is 1. The van der Waals surface area contributed by atoms with Crippen LogP contribution in [0, 0.1) is 0 Å². The molecule has 54 valence electrons. The second kappa shape index (κ2) is 2.84. The molecule has 3 heteroatoms. The molecular formula is C7H9NOS. The molecule has 0 radical (unpaired) electrons. The first kappa shape index (κ1) is 7.28. The normalized spacial score (nSPS) is 9.70. The van der Waals surface area contributed by atoms with Crippen molar-refractivity contribution >= 4 is 18.3 Å². The highest BCUT2D eigenvalue weighted by atomic mass is 32.1. The maximum absolute atomic E-state index is 8.93. The lowest BCUT2D eigenvalue weighted by Gasteiger charge is -2.00. The topological polar surface area (TPSA) is 46.2 Å². The lowest BCUT2D eigenvalue weighted by atomic mass is 10.2. The van der Waals surface area contributed by atoms with Crippen LogP contribution in [0.15, 0.2) is 18.2 Å². The molecule has 0 spiro atoms. The van der Waals surface area contributed by atoms with Crippen LogP contribution in [0.25, 0.3) is 0 Å². The first-order valence-corrected chi connectivity index (χ1v) is 3.55. The summed E-state index contributed by atoms with van der Waals surface area (Å²) in [6, 6.07) is 4.88. The summed E-state index contributed by atoms with van der Waals surface area (Å²) < 4.78 is 0. The molecular weight excluding hydrogens is 146 g/mol. The third-order valence-corrected chi connectivity index (χ3v) is 1.64. The van der Waals surface area contributed by atoms with Gasteiger partial charge in [-0.3, -0.25) is 0 Å². The molecule has 0 bridgehead atoms. The van der Waals surface area contributed by atoms with Crippen LogP contribution in [-0.2, 0) is 5.75 Å². The zero-order valence-electron chi connectivity index (χ0n) is 5.41. The molecule has 10 heavy (non-hydrogen) atoms. The SMILES string of the molecule is Nc1cc(O)ccc1CS. The summed E-state index contributed by atoms with van der Waals surface area (Å²) >= 11 is 4.05. The van der Waals surface area contributed by atoms with E-state index in [1.165, 1.54) is 6.07 Å². The van der Waals surface area contributed by atoms with Gasteiger partial charge >= 0.3 is 0 Å². The van der Waals surface area contributed by atoms with Crippen molar-refractivity contribution < 1.29 is 5.11 Å². The van der Waals surface area contributed by atoms with Gasteiger partial charge in [-0.15, -0.1) is 0 Å². The van der Waals surface area contributed by atoms with Crippen LogP contribution >= 0.6 is 12.6 Å². The molecule has 0 aliphatic rings. The van der Waals surface area contributed by atoms with Gasteiger partial charge in [0, 0.05) is 17.5 Å². The minimum Gasteiger partial charge on any atom is -0.508 e. The van der Waals surface area contributed by atoms with E-state index in [0.717, 1.165) is 5.56 Å². The summed E-state index contributed by atoms with van der Waals surface area (Å²) in [4.78, 5) is 0. The highest BCUT2D eigenvalue weighted by Crippen LogP contribution is 2.19. The van der Waals surface area contributed by atoms with Crippen LogP contribution in [0.4, 0.5) is 5.69 Å². The molecule has 0 aliphatic heterocycles. The summed E-state index contributed by atoms with van der Waals surface area (Å²) in [5, 5.41) is 8.93. The molecule has 1 aromatic carbocycles. The summed E-state index contributed by atoms with van der Waals surface area (Å²) in [6.45, 7) is 0. The second-order valence-corrected chi connectivity index (χ2v) is 2.36. The number of hydrogen-bond donors (Lipinski definition) is 3. The predicted octanol–water partition coefficient (Wildman–Crippen LogP) is 1.40. The van der Waals surface area contributed by atoms with E-state index in [-0.39, 0.29) is 5.75 Å².